The number of allylic oxidation sites excluding steroid dienone is 2. The van der Waals surface area contributed by atoms with Crippen LogP contribution >= 0.6 is 0 Å². The number of rotatable bonds is 8. The third-order valence-corrected chi connectivity index (χ3v) is 4.69. The molecule has 0 nitrogen and oxygen atoms in total. The molecule has 0 heterocycles. The lowest BCUT2D eigenvalue weighted by atomic mass is 10.0. The minimum atomic E-state index is 0.886. The van der Waals surface area contributed by atoms with Crippen LogP contribution in [0.25, 0.3) is 24.3 Å². The smallest absolute Gasteiger partial charge is 0.00942 e. The first-order valence-electron chi connectivity index (χ1n) is 9.64. The Morgan fingerprint density at radius 2 is 0.893 bits per heavy atom. The predicted octanol–water partition coefficient (Wildman–Crippen LogP) is 7.48. The zero-order valence-electron chi connectivity index (χ0n) is 16.2. The van der Waals surface area contributed by atoms with Gasteiger partial charge in [-0.1, -0.05) is 109 Å². The zero-order chi connectivity index (χ0) is 19.6. The lowest BCUT2D eigenvalue weighted by Gasteiger charge is -2.03. The minimum absolute atomic E-state index is 0.886. The fraction of sp³-hybridized carbons (Fsp3) is 0.0714. The van der Waals surface area contributed by atoms with Crippen LogP contribution in [0, 0.1) is 0 Å². The molecule has 0 N–H and O–H groups in total. The van der Waals surface area contributed by atoms with Crippen molar-refractivity contribution in [2.45, 2.75) is 12.8 Å². The van der Waals surface area contributed by atoms with Gasteiger partial charge in [-0.3, -0.25) is 0 Å². The van der Waals surface area contributed by atoms with Crippen molar-refractivity contribution in [3.63, 3.8) is 0 Å². The van der Waals surface area contributed by atoms with Gasteiger partial charge in [0.2, 0.25) is 0 Å². The molecule has 28 heavy (non-hydrogen) atoms. The Labute approximate surface area is 168 Å². The Kier molecular flexibility index (Phi) is 6.98. The van der Waals surface area contributed by atoms with Crippen molar-refractivity contribution < 1.29 is 0 Å². The summed E-state index contributed by atoms with van der Waals surface area (Å²) in [6.07, 6.45) is 14.3. The summed E-state index contributed by atoms with van der Waals surface area (Å²) in [5.74, 6) is 0. The highest BCUT2D eigenvalue weighted by Gasteiger charge is 1.97. The van der Waals surface area contributed by atoms with Gasteiger partial charge in [0, 0.05) is 0 Å². The van der Waals surface area contributed by atoms with E-state index in [2.05, 4.69) is 110 Å². The second kappa shape index (κ2) is 10.1. The molecular formula is C28H26. The molecular weight excluding hydrogens is 336 g/mol. The van der Waals surface area contributed by atoms with Crippen LogP contribution in [0.2, 0.25) is 0 Å². The number of hydrogen-bond donors (Lipinski definition) is 0. The largest absolute Gasteiger partial charge is 0.103 e. The highest BCUT2D eigenvalue weighted by molar-refractivity contribution is 5.74. The van der Waals surface area contributed by atoms with E-state index in [1.165, 1.54) is 33.4 Å². The summed E-state index contributed by atoms with van der Waals surface area (Å²) in [5.41, 5.74) is 7.46. The van der Waals surface area contributed by atoms with E-state index in [1.54, 1.807) is 0 Å². The summed E-state index contributed by atoms with van der Waals surface area (Å²) in [4.78, 5) is 0. The molecule has 0 atom stereocenters. The van der Waals surface area contributed by atoms with Crippen molar-refractivity contribution in [1.29, 1.82) is 0 Å². The van der Waals surface area contributed by atoms with Gasteiger partial charge in [0.25, 0.3) is 0 Å². The molecule has 0 heteroatoms. The molecule has 3 rings (SSSR count). The van der Waals surface area contributed by atoms with Crippen molar-refractivity contribution >= 4 is 24.3 Å². The van der Waals surface area contributed by atoms with Gasteiger partial charge in [0.15, 0.2) is 0 Å². The van der Waals surface area contributed by atoms with Crippen molar-refractivity contribution in [3.8, 4) is 0 Å². The van der Waals surface area contributed by atoms with Crippen molar-refractivity contribution in [2.75, 3.05) is 0 Å². The second-order valence-corrected chi connectivity index (χ2v) is 6.72. The highest BCUT2D eigenvalue weighted by atomic mass is 14.0. The first-order valence-corrected chi connectivity index (χ1v) is 9.64. The van der Waals surface area contributed by atoms with Gasteiger partial charge >= 0.3 is 0 Å². The first kappa shape index (κ1) is 19.4. The van der Waals surface area contributed by atoms with Gasteiger partial charge in [-0.2, -0.15) is 0 Å². The zero-order valence-corrected chi connectivity index (χ0v) is 16.2. The van der Waals surface area contributed by atoms with E-state index in [1.807, 2.05) is 12.2 Å². The Hall–Kier alpha value is -3.38. The molecule has 0 aromatic heterocycles. The van der Waals surface area contributed by atoms with E-state index in [9.17, 15) is 0 Å². The molecule has 138 valence electrons. The molecule has 0 saturated carbocycles. The third kappa shape index (κ3) is 5.31. The standard InChI is InChI=1S/C28H26/c1-3-9-25-11-5-7-13-27(25)21-19-23-15-17-24(18-16-23)20-22-28-14-8-6-12-26(28)10-4-2/h3-8,11-22H,1-2,9-10H2/b21-19+,22-20+. The summed E-state index contributed by atoms with van der Waals surface area (Å²) in [6.45, 7) is 7.69. The van der Waals surface area contributed by atoms with Crippen LogP contribution in [0.3, 0.4) is 0 Å². The summed E-state index contributed by atoms with van der Waals surface area (Å²) in [6, 6.07) is 25.5. The van der Waals surface area contributed by atoms with Gasteiger partial charge in [0.05, 0.1) is 0 Å². The van der Waals surface area contributed by atoms with Gasteiger partial charge in [-0.15, -0.1) is 13.2 Å². The van der Waals surface area contributed by atoms with Crippen LogP contribution in [0.4, 0.5) is 0 Å². The summed E-state index contributed by atoms with van der Waals surface area (Å²) >= 11 is 0. The van der Waals surface area contributed by atoms with Crippen LogP contribution in [0.15, 0.2) is 98.1 Å². The second-order valence-electron chi connectivity index (χ2n) is 6.72. The van der Waals surface area contributed by atoms with Gasteiger partial charge in [-0.05, 0) is 46.2 Å². The van der Waals surface area contributed by atoms with Crippen molar-refractivity contribution in [2.24, 2.45) is 0 Å². The van der Waals surface area contributed by atoms with E-state index in [-0.39, 0.29) is 0 Å². The fourth-order valence-corrected chi connectivity index (χ4v) is 3.17. The van der Waals surface area contributed by atoms with Crippen LogP contribution in [-0.2, 0) is 12.8 Å². The SMILES string of the molecule is C=CCc1ccccc1/C=C/c1ccc(/C=C/c2ccccc2CC=C)cc1. The van der Waals surface area contributed by atoms with E-state index in [4.69, 9.17) is 0 Å². The molecule has 0 aliphatic heterocycles. The molecule has 0 unspecified atom stereocenters. The average molecular weight is 363 g/mol. The van der Waals surface area contributed by atoms with Crippen molar-refractivity contribution in [3.05, 3.63) is 131 Å². The normalized spacial score (nSPS) is 11.1. The molecule has 0 aliphatic rings. The summed E-state index contributed by atoms with van der Waals surface area (Å²) in [7, 11) is 0. The lowest BCUT2D eigenvalue weighted by Crippen LogP contribution is -1.86. The van der Waals surface area contributed by atoms with Gasteiger partial charge in [-0.25, -0.2) is 0 Å². The minimum Gasteiger partial charge on any atom is -0.103 e. The summed E-state index contributed by atoms with van der Waals surface area (Å²) < 4.78 is 0. The lowest BCUT2D eigenvalue weighted by molar-refractivity contribution is 1.26. The van der Waals surface area contributed by atoms with Gasteiger partial charge < -0.3 is 0 Å². The fourth-order valence-electron chi connectivity index (χ4n) is 3.17. The molecule has 0 amide bonds. The maximum atomic E-state index is 3.84. The molecule has 0 fully saturated rings. The van der Waals surface area contributed by atoms with E-state index in [0.29, 0.717) is 0 Å². The molecule has 0 aliphatic carbocycles. The molecule has 0 saturated heterocycles. The monoisotopic (exact) mass is 362 g/mol. The first-order chi connectivity index (χ1) is 13.8. The van der Waals surface area contributed by atoms with E-state index < -0.39 is 0 Å². The predicted molar refractivity (Wildman–Crippen MR) is 125 cm³/mol. The molecule has 3 aromatic carbocycles. The van der Waals surface area contributed by atoms with Crippen LogP contribution < -0.4 is 0 Å². The maximum absolute atomic E-state index is 3.84. The Bertz CT molecular complexity index is 902. The Balaban J connectivity index is 1.72. The quantitative estimate of drug-likeness (QED) is 0.288. The average Bonchev–Trinajstić information content (AvgIpc) is 2.74. The third-order valence-electron chi connectivity index (χ3n) is 4.69. The van der Waals surface area contributed by atoms with Crippen LogP contribution in [-0.4, -0.2) is 0 Å². The Morgan fingerprint density at radius 3 is 1.29 bits per heavy atom. The topological polar surface area (TPSA) is 0 Å². The maximum Gasteiger partial charge on any atom is -0.00942 e. The van der Waals surface area contributed by atoms with E-state index >= 15 is 0 Å². The molecule has 0 radical (unpaired) electrons. The van der Waals surface area contributed by atoms with Gasteiger partial charge in [0.1, 0.15) is 0 Å². The van der Waals surface area contributed by atoms with Crippen LogP contribution in [0.5, 0.6) is 0 Å². The molecule has 0 spiro atoms. The molecule has 3 aromatic rings. The van der Waals surface area contributed by atoms with Crippen LogP contribution in [0.1, 0.15) is 33.4 Å². The molecule has 0 bridgehead atoms. The highest BCUT2D eigenvalue weighted by Crippen LogP contribution is 2.17. The number of benzene rings is 3. The van der Waals surface area contributed by atoms with Crippen molar-refractivity contribution in [1.82, 2.24) is 0 Å². The summed E-state index contributed by atoms with van der Waals surface area (Å²) in [5, 5.41) is 0. The van der Waals surface area contributed by atoms with E-state index in [0.717, 1.165) is 12.8 Å². The number of hydrogen-bond acceptors (Lipinski definition) is 0. The Morgan fingerprint density at radius 1 is 0.500 bits per heavy atom.